The van der Waals surface area contributed by atoms with Crippen LogP contribution >= 0.6 is 12.2 Å². The molecule has 0 aliphatic carbocycles. The van der Waals surface area contributed by atoms with Crippen LogP contribution in [0.1, 0.15) is 24.2 Å². The summed E-state index contributed by atoms with van der Waals surface area (Å²) < 4.78 is 21.4. The minimum absolute atomic E-state index is 0.0573. The van der Waals surface area contributed by atoms with Gasteiger partial charge in [0.15, 0.2) is 16.6 Å². The van der Waals surface area contributed by atoms with E-state index in [1.54, 1.807) is 18.2 Å². The first-order valence-electron chi connectivity index (χ1n) is 8.57. The molecule has 8 heteroatoms. The molecule has 0 aromatic heterocycles. The van der Waals surface area contributed by atoms with Gasteiger partial charge in [-0.15, -0.1) is 0 Å². The Morgan fingerprint density at radius 2 is 1.64 bits per heavy atom. The average Bonchev–Trinajstić information content (AvgIpc) is 2.66. The predicted octanol–water partition coefficient (Wildman–Crippen LogP) is 3.63. The van der Waals surface area contributed by atoms with Gasteiger partial charge < -0.3 is 24.3 Å². The molecule has 0 aliphatic rings. The Bertz CT molecular complexity index is 829. The van der Waals surface area contributed by atoms with Gasteiger partial charge in [-0.3, -0.25) is 10.1 Å². The van der Waals surface area contributed by atoms with Crippen molar-refractivity contribution >= 4 is 28.9 Å². The van der Waals surface area contributed by atoms with Crippen molar-refractivity contribution < 1.29 is 23.7 Å². The van der Waals surface area contributed by atoms with Gasteiger partial charge in [0, 0.05) is 17.3 Å². The molecule has 0 saturated heterocycles. The normalized spacial score (nSPS) is 10.2. The Morgan fingerprint density at radius 1 is 1.00 bits per heavy atom. The van der Waals surface area contributed by atoms with Crippen LogP contribution in [0.5, 0.6) is 23.0 Å². The Morgan fingerprint density at radius 3 is 2.18 bits per heavy atom. The van der Waals surface area contributed by atoms with E-state index in [9.17, 15) is 4.79 Å². The lowest BCUT2D eigenvalue weighted by atomic mass is 10.1. The van der Waals surface area contributed by atoms with Crippen molar-refractivity contribution in [2.24, 2.45) is 0 Å². The molecule has 0 atom stereocenters. The van der Waals surface area contributed by atoms with Crippen molar-refractivity contribution in [3.63, 3.8) is 0 Å². The van der Waals surface area contributed by atoms with E-state index < -0.39 is 5.91 Å². The number of carbonyl (C=O) groups excluding carboxylic acids is 1. The number of methoxy groups -OCH3 is 3. The molecule has 2 N–H and O–H groups in total. The first-order chi connectivity index (χ1) is 13.4. The van der Waals surface area contributed by atoms with Crippen LogP contribution in [0.15, 0.2) is 36.4 Å². The molecule has 0 bridgehead atoms. The summed E-state index contributed by atoms with van der Waals surface area (Å²) in [6, 6.07) is 10.4. The molecule has 0 radical (unpaired) electrons. The van der Waals surface area contributed by atoms with Gasteiger partial charge in [-0.2, -0.15) is 0 Å². The van der Waals surface area contributed by atoms with Crippen LogP contribution in [0.25, 0.3) is 0 Å². The fourth-order valence-electron chi connectivity index (χ4n) is 2.47. The number of hydrogen-bond acceptors (Lipinski definition) is 6. The zero-order valence-electron chi connectivity index (χ0n) is 16.5. The minimum atomic E-state index is -0.411. The zero-order chi connectivity index (χ0) is 20.7. The number of thiocarbonyl (C=S) groups is 1. The van der Waals surface area contributed by atoms with Gasteiger partial charge in [0.25, 0.3) is 5.91 Å². The largest absolute Gasteiger partial charge is 0.493 e. The average molecular weight is 404 g/mol. The molecule has 0 fully saturated rings. The molecule has 0 heterocycles. The first-order valence-corrected chi connectivity index (χ1v) is 8.97. The molecule has 2 aromatic rings. The smallest absolute Gasteiger partial charge is 0.257 e. The Labute approximate surface area is 169 Å². The Kier molecular flexibility index (Phi) is 7.45. The van der Waals surface area contributed by atoms with Gasteiger partial charge in [0.05, 0.1) is 27.4 Å². The predicted molar refractivity (Wildman–Crippen MR) is 112 cm³/mol. The maximum Gasteiger partial charge on any atom is 0.257 e. The molecule has 7 nitrogen and oxygen atoms in total. The summed E-state index contributed by atoms with van der Waals surface area (Å²) in [4.78, 5) is 12.6. The standard InChI is InChI=1S/C20H24N2O5S/c1-12(2)27-15-8-6-7-14(11-15)21-20(28)22-19(23)13-9-16(24-3)18(26-5)17(10-13)25-4/h6-12H,1-5H3,(H2,21,22,23,28). The highest BCUT2D eigenvalue weighted by Crippen LogP contribution is 2.38. The molecule has 0 aliphatic heterocycles. The van der Waals surface area contributed by atoms with Crippen molar-refractivity contribution in [2.75, 3.05) is 26.6 Å². The molecule has 150 valence electrons. The van der Waals surface area contributed by atoms with Crippen LogP contribution in [0, 0.1) is 0 Å². The van der Waals surface area contributed by atoms with Crippen molar-refractivity contribution in [3.8, 4) is 23.0 Å². The van der Waals surface area contributed by atoms with Crippen molar-refractivity contribution in [3.05, 3.63) is 42.0 Å². The van der Waals surface area contributed by atoms with Crippen LogP contribution in [0.3, 0.4) is 0 Å². The second kappa shape index (κ2) is 9.80. The number of amides is 1. The lowest BCUT2D eigenvalue weighted by Gasteiger charge is -2.15. The van der Waals surface area contributed by atoms with Crippen molar-refractivity contribution in [1.82, 2.24) is 5.32 Å². The second-order valence-electron chi connectivity index (χ2n) is 6.02. The van der Waals surface area contributed by atoms with Crippen LogP contribution in [0.4, 0.5) is 5.69 Å². The lowest BCUT2D eigenvalue weighted by molar-refractivity contribution is 0.0977. The molecule has 28 heavy (non-hydrogen) atoms. The van der Waals surface area contributed by atoms with Crippen molar-refractivity contribution in [2.45, 2.75) is 20.0 Å². The summed E-state index contributed by atoms with van der Waals surface area (Å²) in [5, 5.41) is 5.76. The van der Waals surface area contributed by atoms with Gasteiger partial charge in [-0.1, -0.05) is 6.07 Å². The first kappa shape index (κ1) is 21.3. The summed E-state index contributed by atoms with van der Waals surface area (Å²) in [5.74, 6) is 1.46. The molecular weight excluding hydrogens is 380 g/mol. The molecular formula is C20H24N2O5S. The van der Waals surface area contributed by atoms with Gasteiger partial charge >= 0.3 is 0 Å². The Balaban J connectivity index is 2.11. The van der Waals surface area contributed by atoms with E-state index in [1.807, 2.05) is 32.0 Å². The number of ether oxygens (including phenoxy) is 4. The Hall–Kier alpha value is -3.00. The molecule has 2 aromatic carbocycles. The number of nitrogens with one attached hydrogen (secondary N) is 2. The van der Waals surface area contributed by atoms with E-state index in [4.69, 9.17) is 31.2 Å². The quantitative estimate of drug-likeness (QED) is 0.683. The summed E-state index contributed by atoms with van der Waals surface area (Å²) in [6.45, 7) is 3.89. The third kappa shape index (κ3) is 5.50. The summed E-state index contributed by atoms with van der Waals surface area (Å²) in [6.07, 6.45) is 0.0573. The fraction of sp³-hybridized carbons (Fsp3) is 0.300. The number of hydrogen-bond donors (Lipinski definition) is 2. The molecule has 2 rings (SSSR count). The van der Waals surface area contributed by atoms with E-state index in [2.05, 4.69) is 10.6 Å². The number of anilines is 1. The number of rotatable bonds is 7. The lowest BCUT2D eigenvalue weighted by Crippen LogP contribution is -2.34. The van der Waals surface area contributed by atoms with Crippen LogP contribution in [0.2, 0.25) is 0 Å². The van der Waals surface area contributed by atoms with E-state index in [1.165, 1.54) is 21.3 Å². The van der Waals surface area contributed by atoms with Crippen LogP contribution in [-0.2, 0) is 0 Å². The molecule has 0 saturated carbocycles. The maximum atomic E-state index is 12.6. The number of benzene rings is 2. The monoisotopic (exact) mass is 404 g/mol. The fourth-order valence-corrected chi connectivity index (χ4v) is 2.68. The second-order valence-corrected chi connectivity index (χ2v) is 6.42. The topological polar surface area (TPSA) is 78.1 Å². The highest BCUT2D eigenvalue weighted by molar-refractivity contribution is 7.80. The molecule has 0 unspecified atom stereocenters. The maximum absolute atomic E-state index is 12.6. The third-order valence-electron chi connectivity index (χ3n) is 3.62. The van der Waals surface area contributed by atoms with Gasteiger partial charge in [-0.05, 0) is 50.3 Å². The number of carbonyl (C=O) groups is 1. The zero-order valence-corrected chi connectivity index (χ0v) is 17.3. The van der Waals surface area contributed by atoms with Crippen LogP contribution in [-0.4, -0.2) is 38.5 Å². The van der Waals surface area contributed by atoms with Crippen LogP contribution < -0.4 is 29.6 Å². The minimum Gasteiger partial charge on any atom is -0.493 e. The summed E-state index contributed by atoms with van der Waals surface area (Å²) in [7, 11) is 4.46. The van der Waals surface area contributed by atoms with E-state index >= 15 is 0 Å². The van der Waals surface area contributed by atoms with Gasteiger partial charge in [0.1, 0.15) is 5.75 Å². The van der Waals surface area contributed by atoms with Gasteiger partial charge in [0.2, 0.25) is 5.75 Å². The highest BCUT2D eigenvalue weighted by atomic mass is 32.1. The third-order valence-corrected chi connectivity index (χ3v) is 3.82. The highest BCUT2D eigenvalue weighted by Gasteiger charge is 2.17. The summed E-state index contributed by atoms with van der Waals surface area (Å²) in [5.41, 5.74) is 1.02. The van der Waals surface area contributed by atoms with Gasteiger partial charge in [-0.25, -0.2) is 0 Å². The SMILES string of the molecule is COc1cc(C(=O)NC(=S)Nc2cccc(OC(C)C)c2)cc(OC)c1OC. The van der Waals surface area contributed by atoms with E-state index in [0.29, 0.717) is 34.2 Å². The molecule has 1 amide bonds. The van der Waals surface area contributed by atoms with Crippen molar-refractivity contribution in [1.29, 1.82) is 0 Å². The van der Waals surface area contributed by atoms with E-state index in [-0.39, 0.29) is 11.2 Å². The summed E-state index contributed by atoms with van der Waals surface area (Å²) >= 11 is 5.24. The molecule has 0 spiro atoms. The van der Waals surface area contributed by atoms with E-state index in [0.717, 1.165) is 0 Å².